The summed E-state index contributed by atoms with van der Waals surface area (Å²) in [6.07, 6.45) is 0. The van der Waals surface area contributed by atoms with Gasteiger partial charge in [0.2, 0.25) is 0 Å². The maximum atomic E-state index is 2.48. The third-order valence-electron chi connectivity index (χ3n) is 15.9. The predicted octanol–water partition coefficient (Wildman–Crippen LogP) is 18.5. The van der Waals surface area contributed by atoms with Crippen LogP contribution in [0.1, 0.15) is 47.2 Å². The van der Waals surface area contributed by atoms with E-state index in [1.807, 2.05) is 0 Å². The molecule has 14 rings (SSSR count). The molecular weight excluding hydrogens is 855 g/mol. The molecule has 0 heterocycles. The number of fused-ring (bicyclic) bond motifs is 13. The first-order chi connectivity index (χ1) is 34.9. The lowest BCUT2D eigenvalue weighted by atomic mass is 9.70. The minimum Gasteiger partial charge on any atom is -0.310 e. The van der Waals surface area contributed by atoms with Crippen molar-refractivity contribution < 1.29 is 0 Å². The molecule has 0 fully saturated rings. The fourth-order valence-electron chi connectivity index (χ4n) is 12.5. The van der Waals surface area contributed by atoms with Gasteiger partial charge in [-0.15, -0.1) is 0 Å². The van der Waals surface area contributed by atoms with Crippen LogP contribution in [-0.2, 0) is 10.8 Å². The van der Waals surface area contributed by atoms with E-state index < -0.39 is 0 Å². The van der Waals surface area contributed by atoms with E-state index in [2.05, 4.69) is 280 Å². The highest BCUT2D eigenvalue weighted by Gasteiger charge is 2.51. The molecule has 3 aliphatic rings. The fraction of sp³-hybridized carbons (Fsp3) is 0.0571. The molecule has 0 unspecified atom stereocenters. The normalized spacial score (nSPS) is 13.7. The highest BCUT2D eigenvalue weighted by Crippen LogP contribution is 2.63. The number of hydrogen-bond donors (Lipinski definition) is 0. The third-order valence-corrected chi connectivity index (χ3v) is 15.9. The molecule has 0 atom stereocenters. The Bertz CT molecular complexity index is 3760. The summed E-state index contributed by atoms with van der Waals surface area (Å²) in [6, 6.07) is 97.1. The van der Waals surface area contributed by atoms with Crippen LogP contribution in [-0.4, -0.2) is 0 Å². The molecule has 0 radical (unpaired) electrons. The largest absolute Gasteiger partial charge is 0.310 e. The second-order valence-corrected chi connectivity index (χ2v) is 20.0. The smallest absolute Gasteiger partial charge is 0.0725 e. The Labute approximate surface area is 416 Å². The molecule has 3 aliphatic carbocycles. The first-order valence-corrected chi connectivity index (χ1v) is 24.9. The van der Waals surface area contributed by atoms with Gasteiger partial charge in [0, 0.05) is 22.5 Å². The molecule has 1 nitrogen and oxygen atoms in total. The van der Waals surface area contributed by atoms with Gasteiger partial charge in [-0.25, -0.2) is 0 Å². The van der Waals surface area contributed by atoms with Crippen LogP contribution >= 0.6 is 0 Å². The van der Waals surface area contributed by atoms with Crippen molar-refractivity contribution in [3.8, 4) is 77.9 Å². The van der Waals surface area contributed by atoms with Crippen molar-refractivity contribution in [2.24, 2.45) is 0 Å². The molecule has 11 aromatic rings. The zero-order valence-corrected chi connectivity index (χ0v) is 39.8. The molecule has 0 N–H and O–H groups in total. The number of hydrogen-bond acceptors (Lipinski definition) is 1. The summed E-state index contributed by atoms with van der Waals surface area (Å²) in [7, 11) is 0. The van der Waals surface area contributed by atoms with Crippen LogP contribution in [0.25, 0.3) is 77.9 Å². The van der Waals surface area contributed by atoms with Gasteiger partial charge in [0.25, 0.3) is 0 Å². The van der Waals surface area contributed by atoms with E-state index in [4.69, 9.17) is 0 Å². The average Bonchev–Trinajstić information content (AvgIpc) is 4.00. The number of benzene rings is 11. The van der Waals surface area contributed by atoms with Crippen molar-refractivity contribution in [3.63, 3.8) is 0 Å². The molecule has 334 valence electrons. The first kappa shape index (κ1) is 41.2. The maximum Gasteiger partial charge on any atom is 0.0725 e. The van der Waals surface area contributed by atoms with Crippen LogP contribution in [0.15, 0.2) is 261 Å². The van der Waals surface area contributed by atoms with Crippen LogP contribution in [0.5, 0.6) is 0 Å². The molecule has 0 aliphatic heterocycles. The quantitative estimate of drug-likeness (QED) is 0.154. The molecule has 0 saturated carbocycles. The first-order valence-electron chi connectivity index (χ1n) is 24.9. The van der Waals surface area contributed by atoms with E-state index in [0.717, 1.165) is 17.1 Å². The van der Waals surface area contributed by atoms with E-state index >= 15 is 0 Å². The molecule has 0 saturated heterocycles. The van der Waals surface area contributed by atoms with E-state index in [0.29, 0.717) is 0 Å². The van der Waals surface area contributed by atoms with Gasteiger partial charge in [-0.3, -0.25) is 0 Å². The molecule has 0 bridgehead atoms. The van der Waals surface area contributed by atoms with E-state index in [9.17, 15) is 0 Å². The van der Waals surface area contributed by atoms with Crippen molar-refractivity contribution in [3.05, 3.63) is 294 Å². The SMILES string of the molecule is CC1(C)c2ccccc2-c2ccc(N(c3ccc(-c4cc(-c5ccccc5)cc(-c5ccccc5)c4)cc3)c3ccc(-c4ccc5c(c4)C4(c6ccccc6-c6ccccc64)c4ccccc4-5)cc3)cc21. The van der Waals surface area contributed by atoms with Gasteiger partial charge in [-0.2, -0.15) is 0 Å². The van der Waals surface area contributed by atoms with E-state index in [-0.39, 0.29) is 10.8 Å². The van der Waals surface area contributed by atoms with E-state index in [1.54, 1.807) is 0 Å². The molecule has 1 heteroatoms. The van der Waals surface area contributed by atoms with Crippen molar-refractivity contribution in [2.45, 2.75) is 24.7 Å². The zero-order valence-electron chi connectivity index (χ0n) is 39.8. The predicted molar refractivity (Wildman–Crippen MR) is 297 cm³/mol. The highest BCUT2D eigenvalue weighted by atomic mass is 15.1. The van der Waals surface area contributed by atoms with Gasteiger partial charge >= 0.3 is 0 Å². The van der Waals surface area contributed by atoms with E-state index in [1.165, 1.54) is 111 Å². The Morgan fingerprint density at radius 2 is 0.563 bits per heavy atom. The van der Waals surface area contributed by atoms with Gasteiger partial charge in [-0.1, -0.05) is 214 Å². The summed E-state index contributed by atoms with van der Waals surface area (Å²) in [5.74, 6) is 0. The average molecular weight is 904 g/mol. The van der Waals surface area contributed by atoms with Crippen molar-refractivity contribution >= 4 is 17.1 Å². The lowest BCUT2D eigenvalue weighted by Crippen LogP contribution is -2.25. The molecule has 71 heavy (non-hydrogen) atoms. The standard InChI is InChI=1S/C70H49N/c1-69(2)63-25-13-9-21-57(63)61-40-38-56(45-67(61)69)71(55-36-31-49(32-37-55)53-42-51(46-17-5-3-6-18-46)41-52(43-53)47-19-7-4-8-20-47)54-34-29-48(30-35-54)50-33-39-62-60-24-12-16-28-66(60)70(68(62)44-50)64-26-14-10-22-58(64)59-23-11-15-27-65(59)70/h3-45H,1-2H3. The second-order valence-electron chi connectivity index (χ2n) is 20.0. The van der Waals surface area contributed by atoms with Gasteiger partial charge in [0.15, 0.2) is 0 Å². The van der Waals surface area contributed by atoms with Gasteiger partial charge in [-0.05, 0) is 172 Å². The zero-order chi connectivity index (χ0) is 47.3. The summed E-state index contributed by atoms with van der Waals surface area (Å²) >= 11 is 0. The van der Waals surface area contributed by atoms with Gasteiger partial charge in [0.05, 0.1) is 5.41 Å². The lowest BCUT2D eigenvalue weighted by molar-refractivity contribution is 0.660. The molecule has 11 aromatic carbocycles. The Kier molecular flexibility index (Phi) is 9.22. The Hall–Kier alpha value is -8.78. The van der Waals surface area contributed by atoms with Gasteiger partial charge < -0.3 is 4.90 Å². The minimum absolute atomic E-state index is 0.132. The Morgan fingerprint density at radius 1 is 0.225 bits per heavy atom. The van der Waals surface area contributed by atoms with Crippen LogP contribution < -0.4 is 4.90 Å². The van der Waals surface area contributed by atoms with Crippen LogP contribution in [0.4, 0.5) is 17.1 Å². The Balaban J connectivity index is 0.883. The fourth-order valence-corrected chi connectivity index (χ4v) is 12.5. The second kappa shape index (κ2) is 15.9. The van der Waals surface area contributed by atoms with Crippen molar-refractivity contribution in [1.82, 2.24) is 0 Å². The molecule has 1 spiro atoms. The number of anilines is 3. The summed E-state index contributed by atoms with van der Waals surface area (Å²) in [4.78, 5) is 2.43. The minimum atomic E-state index is -0.384. The molecule has 0 amide bonds. The maximum absolute atomic E-state index is 2.48. The monoisotopic (exact) mass is 903 g/mol. The van der Waals surface area contributed by atoms with Crippen molar-refractivity contribution in [2.75, 3.05) is 4.90 Å². The van der Waals surface area contributed by atoms with Gasteiger partial charge in [0.1, 0.15) is 0 Å². The summed E-state index contributed by atoms with van der Waals surface area (Å²) < 4.78 is 0. The van der Waals surface area contributed by atoms with Crippen LogP contribution in [0.3, 0.4) is 0 Å². The number of rotatable bonds is 7. The summed E-state index contributed by atoms with van der Waals surface area (Å²) in [5, 5.41) is 0. The highest BCUT2D eigenvalue weighted by molar-refractivity contribution is 5.96. The third kappa shape index (κ3) is 6.26. The Morgan fingerprint density at radius 3 is 1.06 bits per heavy atom. The molecular formula is C70H49N. The summed E-state index contributed by atoms with van der Waals surface area (Å²) in [6.45, 7) is 4.73. The van der Waals surface area contributed by atoms with Crippen LogP contribution in [0.2, 0.25) is 0 Å². The number of nitrogens with zero attached hydrogens (tertiary/aromatic N) is 1. The van der Waals surface area contributed by atoms with Crippen LogP contribution in [0, 0.1) is 0 Å². The van der Waals surface area contributed by atoms with Crippen molar-refractivity contribution in [1.29, 1.82) is 0 Å². The molecule has 0 aromatic heterocycles. The lowest BCUT2D eigenvalue weighted by Gasteiger charge is -2.30. The topological polar surface area (TPSA) is 3.24 Å². The summed E-state index contributed by atoms with van der Waals surface area (Å²) in [5.41, 5.74) is 28.5.